The average Bonchev–Trinajstić information content (AvgIpc) is 3.34. The molecule has 1 heterocycles. The summed E-state index contributed by atoms with van der Waals surface area (Å²) in [6, 6.07) is 12.0. The summed E-state index contributed by atoms with van der Waals surface area (Å²) in [6.45, 7) is 0.153. The van der Waals surface area contributed by atoms with E-state index in [0.717, 1.165) is 22.0 Å². The van der Waals surface area contributed by atoms with E-state index in [4.69, 9.17) is 46.1 Å². The van der Waals surface area contributed by atoms with E-state index in [0.29, 0.717) is 42.3 Å². The Balaban J connectivity index is 1.75. The number of aromatic nitrogens is 1. The van der Waals surface area contributed by atoms with E-state index in [1.807, 2.05) is 30.5 Å². The van der Waals surface area contributed by atoms with Crippen LogP contribution in [0.15, 0.2) is 53.7 Å². The van der Waals surface area contributed by atoms with Crippen LogP contribution < -0.4 is 22.9 Å². The Morgan fingerprint density at radius 3 is 2.34 bits per heavy atom. The van der Waals surface area contributed by atoms with Gasteiger partial charge in [-0.3, -0.25) is 19.4 Å². The number of halogens is 2. The van der Waals surface area contributed by atoms with Gasteiger partial charge in [0, 0.05) is 46.8 Å². The van der Waals surface area contributed by atoms with Crippen LogP contribution in [-0.2, 0) is 27.2 Å². The molecule has 0 radical (unpaired) electrons. The van der Waals surface area contributed by atoms with Crippen molar-refractivity contribution in [2.75, 3.05) is 32.7 Å². The van der Waals surface area contributed by atoms with Crippen LogP contribution in [0.3, 0.4) is 0 Å². The average molecular weight is 604 g/mol. The first-order chi connectivity index (χ1) is 19.5. The summed E-state index contributed by atoms with van der Waals surface area (Å²) in [5.74, 6) is -1.53. The number of hydrogen-bond donors (Lipinski definition) is 5. The van der Waals surface area contributed by atoms with E-state index in [1.165, 1.54) is 9.80 Å². The van der Waals surface area contributed by atoms with Crippen LogP contribution in [0.1, 0.15) is 24.0 Å². The number of benzene rings is 2. The molecule has 9 N–H and O–H groups in total. The fourth-order valence-electron chi connectivity index (χ4n) is 4.46. The smallest absolute Gasteiger partial charge is 0.242 e. The van der Waals surface area contributed by atoms with E-state index < -0.39 is 17.9 Å². The third-order valence-electron chi connectivity index (χ3n) is 6.61. The number of aliphatic imine (C=N–C) groups is 1. The molecule has 1 aromatic heterocycles. The predicted molar refractivity (Wildman–Crippen MR) is 162 cm³/mol. The van der Waals surface area contributed by atoms with Gasteiger partial charge in [-0.1, -0.05) is 47.5 Å². The van der Waals surface area contributed by atoms with Crippen LogP contribution in [0.4, 0.5) is 0 Å². The van der Waals surface area contributed by atoms with Crippen molar-refractivity contribution in [1.29, 1.82) is 0 Å². The van der Waals surface area contributed by atoms with Crippen molar-refractivity contribution < 1.29 is 14.4 Å². The van der Waals surface area contributed by atoms with Crippen molar-refractivity contribution in [1.82, 2.24) is 14.8 Å². The lowest BCUT2D eigenvalue weighted by molar-refractivity contribution is -0.142. The number of carbonyl (C=O) groups is 3. The van der Waals surface area contributed by atoms with E-state index in [-0.39, 0.29) is 38.0 Å². The second-order valence-corrected chi connectivity index (χ2v) is 10.5. The summed E-state index contributed by atoms with van der Waals surface area (Å²) >= 11 is 12.3. The minimum Gasteiger partial charge on any atom is -0.370 e. The molecule has 0 saturated heterocycles. The van der Waals surface area contributed by atoms with Crippen LogP contribution in [0.5, 0.6) is 0 Å². The lowest BCUT2D eigenvalue weighted by atomic mass is 10.1. The van der Waals surface area contributed by atoms with Crippen molar-refractivity contribution in [3.63, 3.8) is 0 Å². The number of carbonyl (C=O) groups excluding carboxylic acids is 3. The third-order valence-corrected chi connectivity index (χ3v) is 7.20. The Labute approximate surface area is 248 Å². The number of fused-ring (bicyclic) bond motifs is 1. The van der Waals surface area contributed by atoms with Gasteiger partial charge in [-0.2, -0.15) is 0 Å². The Bertz CT molecular complexity index is 1390. The number of hydrogen-bond acceptors (Lipinski definition) is 5. The second-order valence-electron chi connectivity index (χ2n) is 9.69. The molecule has 3 rings (SSSR count). The third kappa shape index (κ3) is 9.66. The van der Waals surface area contributed by atoms with Crippen LogP contribution in [0, 0.1) is 0 Å². The summed E-state index contributed by atoms with van der Waals surface area (Å²) < 4.78 is 0. The Morgan fingerprint density at radius 1 is 0.927 bits per heavy atom. The molecule has 1 atom stereocenters. The van der Waals surface area contributed by atoms with Gasteiger partial charge in [-0.15, -0.1) is 0 Å². The maximum absolute atomic E-state index is 13.5. The van der Waals surface area contributed by atoms with Crippen molar-refractivity contribution in [2.24, 2.45) is 27.9 Å². The standard InChI is InChI=1S/C28H36Cl2N8O3/c29-20-8-7-18(22(30)14-20)9-12-37(16-25(32)39)26(40)17-38(27(41)23(31)5-3-11-35-28(33)34)13-10-19-15-36-24-6-2-1-4-21(19)24/h1-2,4,6-8,14-15,23,36H,3,5,9-13,16-17,31H2,(H2,32,39)(H4,33,34,35)/t23-/m0/s1. The topological polar surface area (TPSA) is 190 Å². The van der Waals surface area contributed by atoms with Gasteiger partial charge in [0.1, 0.15) is 0 Å². The predicted octanol–water partition coefficient (Wildman–Crippen LogP) is 1.78. The van der Waals surface area contributed by atoms with E-state index in [9.17, 15) is 14.4 Å². The molecule has 0 spiro atoms. The number of nitrogens with two attached hydrogens (primary N) is 4. The number of aromatic amines is 1. The summed E-state index contributed by atoms with van der Waals surface area (Å²) in [4.78, 5) is 48.6. The van der Waals surface area contributed by atoms with Gasteiger partial charge in [0.05, 0.1) is 19.1 Å². The lowest BCUT2D eigenvalue weighted by Crippen LogP contribution is -2.50. The highest BCUT2D eigenvalue weighted by Gasteiger charge is 2.26. The Hall–Kier alpha value is -3.80. The minimum absolute atomic E-state index is 0.0368. The molecule has 0 saturated carbocycles. The van der Waals surface area contributed by atoms with Gasteiger partial charge in [0.15, 0.2) is 5.96 Å². The molecule has 0 unspecified atom stereocenters. The number of nitrogens with zero attached hydrogens (tertiary/aromatic N) is 3. The first-order valence-corrected chi connectivity index (χ1v) is 14.0. The molecular weight excluding hydrogens is 567 g/mol. The first kappa shape index (κ1) is 31.7. The van der Waals surface area contributed by atoms with Gasteiger partial charge in [0.2, 0.25) is 17.7 Å². The SMILES string of the molecule is NC(=O)CN(CCc1ccc(Cl)cc1Cl)C(=O)CN(CCc1c[nH]c2ccccc12)C(=O)[C@@H](N)CCCN=C(N)N. The van der Waals surface area contributed by atoms with E-state index in [1.54, 1.807) is 18.2 Å². The van der Waals surface area contributed by atoms with Gasteiger partial charge < -0.3 is 37.7 Å². The number of H-pyrrole nitrogens is 1. The number of primary amides is 1. The molecule has 13 heteroatoms. The Morgan fingerprint density at radius 2 is 1.63 bits per heavy atom. The number of para-hydroxylation sites is 1. The van der Waals surface area contributed by atoms with E-state index in [2.05, 4.69) is 9.98 Å². The van der Waals surface area contributed by atoms with Crippen molar-refractivity contribution >= 4 is 57.8 Å². The van der Waals surface area contributed by atoms with Gasteiger partial charge in [-0.25, -0.2) is 0 Å². The van der Waals surface area contributed by atoms with Crippen molar-refractivity contribution in [3.05, 3.63) is 69.8 Å². The normalized spacial score (nSPS) is 11.7. The molecule has 3 aromatic rings. The molecule has 0 aliphatic carbocycles. The highest BCUT2D eigenvalue weighted by atomic mass is 35.5. The van der Waals surface area contributed by atoms with Crippen LogP contribution in [0.25, 0.3) is 10.9 Å². The first-order valence-electron chi connectivity index (χ1n) is 13.2. The zero-order valence-corrected chi connectivity index (χ0v) is 24.2. The fourth-order valence-corrected chi connectivity index (χ4v) is 4.96. The number of rotatable bonds is 15. The number of amides is 3. The van der Waals surface area contributed by atoms with Crippen LogP contribution >= 0.6 is 23.2 Å². The van der Waals surface area contributed by atoms with Crippen molar-refractivity contribution in [3.8, 4) is 0 Å². The van der Waals surface area contributed by atoms with Crippen LogP contribution in [-0.4, -0.2) is 77.2 Å². The molecule has 220 valence electrons. The summed E-state index contributed by atoms with van der Waals surface area (Å²) in [6.07, 6.45) is 3.56. The minimum atomic E-state index is -0.863. The van der Waals surface area contributed by atoms with Gasteiger partial charge >= 0.3 is 0 Å². The van der Waals surface area contributed by atoms with Crippen molar-refractivity contribution in [2.45, 2.75) is 31.7 Å². The lowest BCUT2D eigenvalue weighted by Gasteiger charge is -2.29. The summed E-state index contributed by atoms with van der Waals surface area (Å²) in [7, 11) is 0. The van der Waals surface area contributed by atoms with Gasteiger partial charge in [-0.05, 0) is 55.0 Å². The molecule has 41 heavy (non-hydrogen) atoms. The summed E-state index contributed by atoms with van der Waals surface area (Å²) in [5.41, 5.74) is 25.1. The molecular formula is C28H36Cl2N8O3. The highest BCUT2D eigenvalue weighted by molar-refractivity contribution is 6.35. The Kier molecular flexibility index (Phi) is 11.8. The van der Waals surface area contributed by atoms with Gasteiger partial charge in [0.25, 0.3) is 0 Å². The summed E-state index contributed by atoms with van der Waals surface area (Å²) in [5, 5.41) is 1.97. The van der Waals surface area contributed by atoms with Crippen LogP contribution in [0.2, 0.25) is 10.0 Å². The largest absolute Gasteiger partial charge is 0.370 e. The molecule has 0 aliphatic heterocycles. The molecule has 0 aliphatic rings. The fraction of sp³-hybridized carbons (Fsp3) is 0.357. The monoisotopic (exact) mass is 602 g/mol. The maximum Gasteiger partial charge on any atom is 0.242 e. The molecule has 2 aromatic carbocycles. The molecule has 3 amide bonds. The zero-order valence-electron chi connectivity index (χ0n) is 22.7. The second kappa shape index (κ2) is 15.3. The molecule has 11 nitrogen and oxygen atoms in total. The quantitative estimate of drug-likeness (QED) is 0.1000. The number of guanidine groups is 1. The van der Waals surface area contributed by atoms with E-state index >= 15 is 0 Å². The zero-order chi connectivity index (χ0) is 29.9. The number of nitrogens with one attached hydrogen (secondary N) is 1. The molecule has 0 bridgehead atoms. The maximum atomic E-state index is 13.5. The highest BCUT2D eigenvalue weighted by Crippen LogP contribution is 2.22. The molecule has 0 fully saturated rings.